The zero-order valence-electron chi connectivity index (χ0n) is 18.3. The van der Waals surface area contributed by atoms with Crippen molar-refractivity contribution in [1.82, 2.24) is 29.5 Å². The summed E-state index contributed by atoms with van der Waals surface area (Å²) in [6, 6.07) is 9.52. The third-order valence-electron chi connectivity index (χ3n) is 5.75. The number of hydrogen-bond donors (Lipinski definition) is 0. The first-order chi connectivity index (χ1) is 15.7. The minimum absolute atomic E-state index is 0.0548. The molecule has 0 fully saturated rings. The average molecular weight is 451 g/mol. The van der Waals surface area contributed by atoms with Crippen LogP contribution < -0.4 is 5.56 Å². The van der Waals surface area contributed by atoms with Gasteiger partial charge in [0, 0.05) is 18.7 Å². The van der Waals surface area contributed by atoms with Gasteiger partial charge in [0.15, 0.2) is 16.8 Å². The van der Waals surface area contributed by atoms with Crippen LogP contribution in [0, 0.1) is 0 Å². The van der Waals surface area contributed by atoms with Gasteiger partial charge in [0.05, 0.1) is 10.9 Å². The number of aryl methyl sites for hydroxylation is 1. The van der Waals surface area contributed by atoms with Gasteiger partial charge in [-0.15, -0.1) is 5.10 Å². The zero-order chi connectivity index (χ0) is 22.1. The van der Waals surface area contributed by atoms with Crippen molar-refractivity contribution in [3.05, 3.63) is 58.1 Å². The molecule has 1 atom stereocenters. The van der Waals surface area contributed by atoms with E-state index >= 15 is 0 Å². The van der Waals surface area contributed by atoms with Crippen LogP contribution in [0.25, 0.3) is 17.1 Å². The van der Waals surface area contributed by atoms with E-state index < -0.39 is 0 Å². The summed E-state index contributed by atoms with van der Waals surface area (Å²) in [5, 5.41) is 9.48. The molecule has 1 aromatic heterocycles. The number of aromatic nitrogens is 6. The average Bonchev–Trinajstić information content (AvgIpc) is 3.31. The predicted molar refractivity (Wildman–Crippen MR) is 122 cm³/mol. The second-order valence-corrected chi connectivity index (χ2v) is 9.42. The molecule has 0 unspecified atom stereocenters. The summed E-state index contributed by atoms with van der Waals surface area (Å²) in [5.41, 5.74) is 2.32. The van der Waals surface area contributed by atoms with E-state index in [1.807, 2.05) is 37.3 Å². The van der Waals surface area contributed by atoms with E-state index in [0.29, 0.717) is 17.3 Å². The summed E-state index contributed by atoms with van der Waals surface area (Å²) < 4.78 is 9.17. The fraction of sp³-hybridized carbons (Fsp3) is 0.435. The number of fused-ring (bicyclic) bond motifs is 3. The largest absolute Gasteiger partial charge is 0.338 e. The highest BCUT2D eigenvalue weighted by Gasteiger charge is 2.28. The Kier molecular flexibility index (Phi) is 5.82. The molecule has 0 aliphatic carbocycles. The van der Waals surface area contributed by atoms with Crippen LogP contribution in [-0.2, 0) is 19.4 Å². The second kappa shape index (κ2) is 8.90. The smallest absolute Gasteiger partial charge is 0.284 e. The molecule has 4 heterocycles. The standard InChI is InChI=1S/C23H26N6O2S/c1-3-10-18-24-21(31-27-18)15(2)32-23-25-20-19(17-13-8-5-9-14-28(17)23)22(30)29(26-20)16-11-6-4-7-12-16/h4,6-7,11-12,15H,3,5,8-10,13-14H2,1-2H3/t15-/m0/s1. The van der Waals surface area contributed by atoms with Gasteiger partial charge in [-0.3, -0.25) is 4.79 Å². The van der Waals surface area contributed by atoms with E-state index in [1.54, 1.807) is 11.8 Å². The minimum Gasteiger partial charge on any atom is -0.338 e. The summed E-state index contributed by atoms with van der Waals surface area (Å²) in [4.78, 5) is 22.7. The highest BCUT2D eigenvalue weighted by Crippen LogP contribution is 2.37. The van der Waals surface area contributed by atoms with Crippen molar-refractivity contribution >= 4 is 11.8 Å². The van der Waals surface area contributed by atoms with Crippen molar-refractivity contribution in [3.63, 3.8) is 0 Å². The number of rotatable bonds is 6. The first-order valence-electron chi connectivity index (χ1n) is 11.2. The number of para-hydroxylation sites is 1. The summed E-state index contributed by atoms with van der Waals surface area (Å²) in [6.07, 6.45) is 5.88. The second-order valence-electron chi connectivity index (χ2n) is 8.11. The molecule has 0 radical (unpaired) electrons. The Balaban J connectivity index is 1.59. The van der Waals surface area contributed by atoms with Crippen molar-refractivity contribution in [3.8, 4) is 17.1 Å². The zero-order valence-corrected chi connectivity index (χ0v) is 19.1. The molecule has 0 saturated carbocycles. The summed E-state index contributed by atoms with van der Waals surface area (Å²) in [6.45, 7) is 4.98. The highest BCUT2D eigenvalue weighted by molar-refractivity contribution is 7.99. The molecule has 0 amide bonds. The lowest BCUT2D eigenvalue weighted by molar-refractivity contribution is 0.374. The van der Waals surface area contributed by atoms with Crippen LogP contribution >= 0.6 is 11.8 Å². The van der Waals surface area contributed by atoms with E-state index in [0.717, 1.165) is 67.4 Å². The van der Waals surface area contributed by atoms with Gasteiger partial charge < -0.3 is 9.09 Å². The molecule has 3 aliphatic heterocycles. The van der Waals surface area contributed by atoms with Crippen LogP contribution in [0.5, 0.6) is 0 Å². The van der Waals surface area contributed by atoms with Crippen LogP contribution in [-0.4, -0.2) is 29.5 Å². The number of thioether (sulfide) groups is 1. The van der Waals surface area contributed by atoms with Gasteiger partial charge in [-0.25, -0.2) is 4.98 Å². The topological polar surface area (TPSA) is 91.6 Å². The first-order valence-corrected chi connectivity index (χ1v) is 12.1. The number of hydrogen-bond acceptors (Lipinski definition) is 7. The molecule has 32 heavy (non-hydrogen) atoms. The molecule has 0 N–H and O–H groups in total. The number of nitrogens with zero attached hydrogens (tertiary/aromatic N) is 6. The lowest BCUT2D eigenvalue weighted by atomic mass is 10.1. The monoisotopic (exact) mass is 450 g/mol. The SMILES string of the molecule is CCCc1noc([C@H](C)Sc2nc3nn(-c4ccccc4)c(=O)c-3c3n2CCCCC3)n1. The Bertz CT molecular complexity index is 1250. The molecule has 0 spiro atoms. The maximum absolute atomic E-state index is 13.3. The van der Waals surface area contributed by atoms with Crippen LogP contribution in [0.1, 0.15) is 62.2 Å². The van der Waals surface area contributed by atoms with Crippen LogP contribution in [0.3, 0.4) is 0 Å². The summed E-state index contributed by atoms with van der Waals surface area (Å²) in [7, 11) is 0. The maximum atomic E-state index is 13.3. The van der Waals surface area contributed by atoms with Crippen LogP contribution in [0.2, 0.25) is 0 Å². The summed E-state index contributed by atoms with van der Waals surface area (Å²) >= 11 is 1.58. The van der Waals surface area contributed by atoms with Crippen LogP contribution in [0.4, 0.5) is 0 Å². The molecule has 3 aliphatic rings. The van der Waals surface area contributed by atoms with Crippen molar-refractivity contribution in [2.45, 2.75) is 69.3 Å². The summed E-state index contributed by atoms with van der Waals surface area (Å²) in [5.74, 6) is 1.84. The lowest BCUT2D eigenvalue weighted by Crippen LogP contribution is -2.19. The molecule has 0 bridgehead atoms. The molecular weight excluding hydrogens is 424 g/mol. The van der Waals surface area contributed by atoms with E-state index in [-0.39, 0.29) is 10.8 Å². The molecule has 5 rings (SSSR count). The molecule has 0 saturated heterocycles. The first kappa shape index (κ1) is 20.9. The molecule has 1 aromatic carbocycles. The van der Waals surface area contributed by atoms with Crippen molar-refractivity contribution in [1.29, 1.82) is 0 Å². The number of benzene rings is 1. The predicted octanol–water partition coefficient (Wildman–Crippen LogP) is 4.45. The Hall–Kier alpha value is -2.94. The van der Waals surface area contributed by atoms with E-state index in [9.17, 15) is 4.79 Å². The van der Waals surface area contributed by atoms with Gasteiger partial charge in [0.2, 0.25) is 5.89 Å². The fourth-order valence-corrected chi connectivity index (χ4v) is 5.13. The minimum atomic E-state index is -0.102. The van der Waals surface area contributed by atoms with E-state index in [4.69, 9.17) is 9.51 Å². The van der Waals surface area contributed by atoms with Gasteiger partial charge >= 0.3 is 0 Å². The van der Waals surface area contributed by atoms with Gasteiger partial charge in [-0.1, -0.05) is 48.5 Å². The van der Waals surface area contributed by atoms with Crippen LogP contribution in [0.15, 0.2) is 44.8 Å². The molecule has 2 aromatic rings. The molecule has 8 nitrogen and oxygen atoms in total. The van der Waals surface area contributed by atoms with Gasteiger partial charge in [0.25, 0.3) is 5.56 Å². The molecule has 166 valence electrons. The molecule has 9 heteroatoms. The Morgan fingerprint density at radius 3 is 2.81 bits per heavy atom. The van der Waals surface area contributed by atoms with Crippen molar-refractivity contribution < 1.29 is 4.52 Å². The van der Waals surface area contributed by atoms with E-state index in [2.05, 4.69) is 26.7 Å². The van der Waals surface area contributed by atoms with Crippen molar-refractivity contribution in [2.24, 2.45) is 0 Å². The fourth-order valence-electron chi connectivity index (χ4n) is 4.15. The van der Waals surface area contributed by atoms with Crippen molar-refractivity contribution in [2.75, 3.05) is 0 Å². The Labute approximate surface area is 190 Å². The maximum Gasteiger partial charge on any atom is 0.284 e. The Morgan fingerprint density at radius 2 is 2.00 bits per heavy atom. The Morgan fingerprint density at radius 1 is 1.16 bits per heavy atom. The quantitative estimate of drug-likeness (QED) is 0.316. The van der Waals surface area contributed by atoms with E-state index in [1.165, 1.54) is 4.68 Å². The third kappa shape index (κ3) is 3.85. The third-order valence-corrected chi connectivity index (χ3v) is 6.83. The lowest BCUT2D eigenvalue weighted by Gasteiger charge is -2.18. The van der Waals surface area contributed by atoms with Gasteiger partial charge in [-0.05, 0) is 44.7 Å². The molecular formula is C23H26N6O2S. The van der Waals surface area contributed by atoms with Gasteiger partial charge in [-0.2, -0.15) is 9.67 Å². The normalized spacial score (nSPS) is 14.9. The van der Waals surface area contributed by atoms with Gasteiger partial charge in [0.1, 0.15) is 5.56 Å². The highest BCUT2D eigenvalue weighted by atomic mass is 32.2.